The van der Waals surface area contributed by atoms with E-state index in [0.717, 1.165) is 12.8 Å². The molecule has 1 rings (SSSR count). The van der Waals surface area contributed by atoms with Gasteiger partial charge in [0, 0.05) is 0 Å². The molecule has 116 valence electrons. The van der Waals surface area contributed by atoms with Crippen LogP contribution in [0.15, 0.2) is 11.6 Å². The van der Waals surface area contributed by atoms with Crippen LogP contribution in [0.4, 0.5) is 0 Å². The molecule has 1 saturated heterocycles. The van der Waals surface area contributed by atoms with Gasteiger partial charge in [-0.2, -0.15) is 0 Å². The average Bonchev–Trinajstić information content (AvgIpc) is 2.67. The molecule has 0 aliphatic carbocycles. The number of allylic oxidation sites excluding steroid dienone is 1. The molecule has 1 aliphatic heterocycles. The Kier molecular flexibility index (Phi) is 8.59. The van der Waals surface area contributed by atoms with Crippen molar-refractivity contribution in [3.63, 3.8) is 0 Å². The van der Waals surface area contributed by atoms with Crippen molar-refractivity contribution in [3.05, 3.63) is 11.6 Å². The minimum absolute atomic E-state index is 0.346. The van der Waals surface area contributed by atoms with E-state index in [0.29, 0.717) is 5.57 Å². The second-order valence-corrected chi connectivity index (χ2v) is 5.83. The van der Waals surface area contributed by atoms with Gasteiger partial charge in [-0.3, -0.25) is 0 Å². The molecule has 3 heteroatoms. The molecule has 0 aromatic carbocycles. The summed E-state index contributed by atoms with van der Waals surface area (Å²) < 4.78 is 4.97. The first kappa shape index (κ1) is 17.2. The van der Waals surface area contributed by atoms with Crippen LogP contribution >= 0.6 is 0 Å². The number of ether oxygens (including phenoxy) is 1. The Balaban J connectivity index is 2.01. The number of aliphatic hydroxyl groups excluding tert-OH is 1. The molecule has 0 bridgehead atoms. The predicted molar refractivity (Wildman–Crippen MR) is 81.5 cm³/mol. The Morgan fingerprint density at radius 2 is 1.60 bits per heavy atom. The van der Waals surface area contributed by atoms with Crippen LogP contribution in [0.3, 0.4) is 0 Å². The zero-order valence-electron chi connectivity index (χ0n) is 13.1. The second kappa shape index (κ2) is 9.98. The number of cyclic esters (lactones) is 1. The SMILES string of the molecule is CCCCCCCCCCC/C=C1\C(=O)O[C@@H](C)[C@@H]1O. The third-order valence-corrected chi connectivity index (χ3v) is 3.96. The summed E-state index contributed by atoms with van der Waals surface area (Å²) in [6.07, 6.45) is 13.3. The number of hydrogen-bond acceptors (Lipinski definition) is 3. The van der Waals surface area contributed by atoms with Gasteiger partial charge in [0.15, 0.2) is 0 Å². The Bertz CT molecular complexity index is 309. The Morgan fingerprint density at radius 3 is 2.10 bits per heavy atom. The van der Waals surface area contributed by atoms with Gasteiger partial charge in [-0.05, 0) is 19.8 Å². The van der Waals surface area contributed by atoms with Crippen LogP contribution in [0.1, 0.15) is 78.1 Å². The molecule has 0 aromatic heterocycles. The van der Waals surface area contributed by atoms with Gasteiger partial charge < -0.3 is 9.84 Å². The Morgan fingerprint density at radius 1 is 1.05 bits per heavy atom. The predicted octanol–water partition coefficient (Wildman–Crippen LogP) is 4.14. The lowest BCUT2D eigenvalue weighted by atomic mass is 10.0. The molecule has 3 nitrogen and oxygen atoms in total. The zero-order valence-corrected chi connectivity index (χ0v) is 13.1. The van der Waals surface area contributed by atoms with Gasteiger partial charge in [0.05, 0.1) is 5.57 Å². The van der Waals surface area contributed by atoms with E-state index in [9.17, 15) is 9.90 Å². The lowest BCUT2D eigenvalue weighted by Gasteiger charge is -2.04. The van der Waals surface area contributed by atoms with Crippen molar-refractivity contribution in [2.24, 2.45) is 0 Å². The third kappa shape index (κ3) is 6.08. The van der Waals surface area contributed by atoms with Crippen molar-refractivity contribution in [3.8, 4) is 0 Å². The van der Waals surface area contributed by atoms with Gasteiger partial charge in [-0.25, -0.2) is 4.79 Å². The highest BCUT2D eigenvalue weighted by molar-refractivity contribution is 5.92. The number of hydrogen-bond donors (Lipinski definition) is 1. The van der Waals surface area contributed by atoms with E-state index in [2.05, 4.69) is 6.92 Å². The maximum Gasteiger partial charge on any atom is 0.336 e. The first-order valence-corrected chi connectivity index (χ1v) is 8.26. The molecular weight excluding hydrogens is 252 g/mol. The fourth-order valence-electron chi connectivity index (χ4n) is 2.59. The summed E-state index contributed by atoms with van der Waals surface area (Å²) in [5, 5.41) is 9.76. The van der Waals surface area contributed by atoms with Crippen LogP contribution in [0, 0.1) is 0 Å². The molecule has 0 radical (unpaired) electrons. The van der Waals surface area contributed by atoms with Crippen molar-refractivity contribution in [1.29, 1.82) is 0 Å². The van der Waals surface area contributed by atoms with Crippen molar-refractivity contribution in [2.45, 2.75) is 90.3 Å². The first-order valence-electron chi connectivity index (χ1n) is 8.26. The maximum atomic E-state index is 11.4. The van der Waals surface area contributed by atoms with Gasteiger partial charge >= 0.3 is 5.97 Å². The fourth-order valence-corrected chi connectivity index (χ4v) is 2.59. The standard InChI is InChI=1S/C17H30O3/c1-3-4-5-6-7-8-9-10-11-12-13-15-16(18)14(2)20-17(15)19/h13-14,16,18H,3-12H2,1-2H3/b15-13-/t14-,16-/m0/s1. The molecule has 1 fully saturated rings. The number of carbonyl (C=O) groups is 1. The fraction of sp³-hybridized carbons (Fsp3) is 0.824. The molecular formula is C17H30O3. The van der Waals surface area contributed by atoms with Crippen LogP contribution in [-0.4, -0.2) is 23.3 Å². The molecule has 1 N–H and O–H groups in total. The highest BCUT2D eigenvalue weighted by Crippen LogP contribution is 2.22. The van der Waals surface area contributed by atoms with Crippen LogP contribution in [0.5, 0.6) is 0 Å². The molecule has 20 heavy (non-hydrogen) atoms. The van der Waals surface area contributed by atoms with E-state index in [1.54, 1.807) is 6.92 Å². The molecule has 0 spiro atoms. The van der Waals surface area contributed by atoms with Gasteiger partial charge in [0.2, 0.25) is 0 Å². The van der Waals surface area contributed by atoms with E-state index < -0.39 is 12.2 Å². The summed E-state index contributed by atoms with van der Waals surface area (Å²) in [6, 6.07) is 0. The van der Waals surface area contributed by atoms with Gasteiger partial charge in [0.1, 0.15) is 12.2 Å². The van der Waals surface area contributed by atoms with E-state index in [4.69, 9.17) is 4.74 Å². The topological polar surface area (TPSA) is 46.5 Å². The lowest BCUT2D eigenvalue weighted by molar-refractivity contribution is -0.138. The van der Waals surface area contributed by atoms with E-state index in [1.165, 1.54) is 51.4 Å². The minimum Gasteiger partial charge on any atom is -0.456 e. The number of carbonyl (C=O) groups excluding carboxylic acids is 1. The quantitative estimate of drug-likeness (QED) is 0.372. The van der Waals surface area contributed by atoms with Crippen molar-refractivity contribution >= 4 is 5.97 Å². The first-order chi connectivity index (χ1) is 9.66. The maximum absolute atomic E-state index is 11.4. The number of unbranched alkanes of at least 4 members (excludes halogenated alkanes) is 9. The molecule has 0 aromatic rings. The second-order valence-electron chi connectivity index (χ2n) is 5.83. The Hall–Kier alpha value is -0.830. The number of rotatable bonds is 10. The van der Waals surface area contributed by atoms with Gasteiger partial charge in [-0.1, -0.05) is 64.4 Å². The molecule has 0 saturated carbocycles. The van der Waals surface area contributed by atoms with Crippen LogP contribution in [-0.2, 0) is 9.53 Å². The molecule has 1 heterocycles. The van der Waals surface area contributed by atoms with Gasteiger partial charge in [-0.15, -0.1) is 0 Å². The van der Waals surface area contributed by atoms with Crippen LogP contribution in [0.2, 0.25) is 0 Å². The lowest BCUT2D eigenvalue weighted by Crippen LogP contribution is -2.17. The third-order valence-electron chi connectivity index (χ3n) is 3.96. The average molecular weight is 282 g/mol. The molecule has 0 unspecified atom stereocenters. The van der Waals surface area contributed by atoms with E-state index in [-0.39, 0.29) is 5.97 Å². The summed E-state index contributed by atoms with van der Waals surface area (Å²) >= 11 is 0. The van der Waals surface area contributed by atoms with Crippen LogP contribution < -0.4 is 0 Å². The summed E-state index contributed by atoms with van der Waals surface area (Å²) in [7, 11) is 0. The highest BCUT2D eigenvalue weighted by atomic mass is 16.6. The van der Waals surface area contributed by atoms with E-state index >= 15 is 0 Å². The van der Waals surface area contributed by atoms with Gasteiger partial charge in [0.25, 0.3) is 0 Å². The largest absolute Gasteiger partial charge is 0.456 e. The molecule has 2 atom stereocenters. The highest BCUT2D eigenvalue weighted by Gasteiger charge is 2.34. The van der Waals surface area contributed by atoms with Crippen molar-refractivity contribution < 1.29 is 14.6 Å². The van der Waals surface area contributed by atoms with Crippen molar-refractivity contribution in [2.75, 3.05) is 0 Å². The minimum atomic E-state index is -0.735. The summed E-state index contributed by atoms with van der Waals surface area (Å²) in [5.41, 5.74) is 0.456. The van der Waals surface area contributed by atoms with Crippen LogP contribution in [0.25, 0.3) is 0 Å². The van der Waals surface area contributed by atoms with Crippen molar-refractivity contribution in [1.82, 2.24) is 0 Å². The normalized spacial score (nSPS) is 24.4. The molecule has 0 amide bonds. The monoisotopic (exact) mass is 282 g/mol. The number of aliphatic hydroxyl groups is 1. The Labute approximate surface area is 123 Å². The smallest absolute Gasteiger partial charge is 0.336 e. The van der Waals surface area contributed by atoms with E-state index in [1.807, 2.05) is 6.08 Å². The number of esters is 1. The zero-order chi connectivity index (χ0) is 14.8. The summed E-state index contributed by atoms with van der Waals surface area (Å²) in [5.74, 6) is -0.346. The molecule has 1 aliphatic rings. The summed E-state index contributed by atoms with van der Waals surface area (Å²) in [4.78, 5) is 11.4. The summed E-state index contributed by atoms with van der Waals surface area (Å²) in [6.45, 7) is 3.97.